The highest BCUT2D eigenvalue weighted by Gasteiger charge is 2.11. The molecule has 19 heavy (non-hydrogen) atoms. The number of hydrogen-bond acceptors (Lipinski definition) is 5. The van der Waals surface area contributed by atoms with E-state index in [-0.39, 0.29) is 12.5 Å². The van der Waals surface area contributed by atoms with Gasteiger partial charge in [0.15, 0.2) is 0 Å². The van der Waals surface area contributed by atoms with Gasteiger partial charge in [-0.3, -0.25) is 4.79 Å². The van der Waals surface area contributed by atoms with Gasteiger partial charge in [0, 0.05) is 25.9 Å². The molecule has 0 spiro atoms. The summed E-state index contributed by atoms with van der Waals surface area (Å²) in [5.74, 6) is 0.228. The molecule has 1 aromatic carbocycles. The summed E-state index contributed by atoms with van der Waals surface area (Å²) < 4.78 is 6.19. The second-order valence-corrected chi connectivity index (χ2v) is 5.48. The van der Waals surface area contributed by atoms with Gasteiger partial charge in [-0.15, -0.1) is 0 Å². The Balaban J connectivity index is 2.49. The zero-order chi connectivity index (χ0) is 14.0. The molecule has 1 aromatic heterocycles. The summed E-state index contributed by atoms with van der Waals surface area (Å²) >= 11 is 6.81. The number of benzene rings is 1. The Morgan fingerprint density at radius 1 is 1.42 bits per heavy atom. The van der Waals surface area contributed by atoms with E-state index in [1.165, 1.54) is 7.11 Å². The number of nitrogens with one attached hydrogen (secondary N) is 1. The predicted molar refractivity (Wildman–Crippen MR) is 82.1 cm³/mol. The van der Waals surface area contributed by atoms with E-state index in [2.05, 4.69) is 46.9 Å². The third-order valence-corrected chi connectivity index (χ3v) is 3.91. The molecule has 0 amide bonds. The normalized spacial score (nSPS) is 10.5. The number of fused-ring (bicyclic) bond motifs is 1. The minimum atomic E-state index is -0.358. The highest BCUT2D eigenvalue weighted by molar-refractivity contribution is 9.11. The minimum absolute atomic E-state index is 0.0518. The summed E-state index contributed by atoms with van der Waals surface area (Å²) in [6.45, 7) is 0.0518. The number of nitrogens with two attached hydrogens (primary N) is 1. The zero-order valence-corrected chi connectivity index (χ0v) is 13.2. The molecule has 3 N–H and O–H groups in total. The Kier molecular flexibility index (Phi) is 4.26. The van der Waals surface area contributed by atoms with E-state index < -0.39 is 0 Å². The lowest BCUT2D eigenvalue weighted by Gasteiger charge is -2.11. The van der Waals surface area contributed by atoms with Crippen LogP contribution in [0.3, 0.4) is 0 Å². The van der Waals surface area contributed by atoms with Gasteiger partial charge in [-0.1, -0.05) is 0 Å². The Hall–Kier alpha value is -1.34. The van der Waals surface area contributed by atoms with Crippen LogP contribution >= 0.6 is 31.9 Å². The van der Waals surface area contributed by atoms with Gasteiger partial charge in [-0.25, -0.2) is 4.98 Å². The third kappa shape index (κ3) is 2.82. The number of carbonyl (C=O) groups is 1. The highest BCUT2D eigenvalue weighted by atomic mass is 79.9. The summed E-state index contributed by atoms with van der Waals surface area (Å²) in [5, 5.41) is 4.61. The van der Waals surface area contributed by atoms with Crippen molar-refractivity contribution >= 4 is 60.1 Å². The number of anilines is 2. The number of aromatic nitrogens is 1. The second kappa shape index (κ2) is 5.75. The Labute approximate surface area is 126 Å². The summed E-state index contributed by atoms with van der Waals surface area (Å²) in [7, 11) is 1.34. The van der Waals surface area contributed by atoms with Crippen LogP contribution in [-0.4, -0.2) is 24.6 Å². The molecule has 0 bridgehead atoms. The van der Waals surface area contributed by atoms with Gasteiger partial charge in [0.05, 0.1) is 12.8 Å². The van der Waals surface area contributed by atoms with Crippen molar-refractivity contribution in [3.63, 3.8) is 0 Å². The summed E-state index contributed by atoms with van der Waals surface area (Å²) in [4.78, 5) is 15.4. The minimum Gasteiger partial charge on any atom is -0.468 e. The van der Waals surface area contributed by atoms with Gasteiger partial charge in [0.25, 0.3) is 0 Å². The Bertz CT molecular complexity index is 646. The smallest absolute Gasteiger partial charge is 0.325 e. The number of rotatable bonds is 3. The molecule has 100 valence electrons. The number of hydrogen-bond donors (Lipinski definition) is 2. The van der Waals surface area contributed by atoms with E-state index in [1.807, 2.05) is 12.1 Å². The molecule has 7 heteroatoms. The number of carbonyl (C=O) groups excluding carboxylic acids is 1. The fraction of sp³-hybridized carbons (Fsp3) is 0.167. The quantitative estimate of drug-likeness (QED) is 0.624. The number of halogens is 2. The zero-order valence-electron chi connectivity index (χ0n) is 10.0. The van der Waals surface area contributed by atoms with Crippen molar-refractivity contribution in [2.45, 2.75) is 0 Å². The topological polar surface area (TPSA) is 77.2 Å². The molecule has 2 aromatic rings. The van der Waals surface area contributed by atoms with E-state index in [0.29, 0.717) is 11.5 Å². The molecule has 0 aliphatic carbocycles. The van der Waals surface area contributed by atoms with Crippen molar-refractivity contribution in [3.8, 4) is 0 Å². The fourth-order valence-corrected chi connectivity index (χ4v) is 2.53. The highest BCUT2D eigenvalue weighted by Crippen LogP contribution is 2.36. The molecular formula is C12H11Br2N3O2. The van der Waals surface area contributed by atoms with Crippen LogP contribution in [0.15, 0.2) is 27.3 Å². The first kappa shape index (κ1) is 14.1. The van der Waals surface area contributed by atoms with Gasteiger partial charge in [0.2, 0.25) is 0 Å². The van der Waals surface area contributed by atoms with E-state index in [9.17, 15) is 4.79 Å². The number of pyridine rings is 1. The standard InChI is InChI=1S/C12H11Br2N3O2/c1-19-9(18)5-17-12-6-2-3-7(13)11(15)10(6)8(14)4-16-12/h2-4H,5,15H2,1H3,(H,16,17). The monoisotopic (exact) mass is 387 g/mol. The van der Waals surface area contributed by atoms with E-state index in [4.69, 9.17) is 5.73 Å². The first-order chi connectivity index (χ1) is 9.04. The molecule has 0 aliphatic heterocycles. The largest absolute Gasteiger partial charge is 0.468 e. The van der Waals surface area contributed by atoms with Crippen LogP contribution in [-0.2, 0) is 9.53 Å². The van der Waals surface area contributed by atoms with Crippen molar-refractivity contribution in [2.75, 3.05) is 24.7 Å². The summed E-state index contributed by atoms with van der Waals surface area (Å²) in [5.41, 5.74) is 6.66. The maximum absolute atomic E-state index is 11.2. The fourth-order valence-electron chi connectivity index (χ4n) is 1.67. The number of methoxy groups -OCH3 is 1. The van der Waals surface area contributed by atoms with Crippen LogP contribution in [0.2, 0.25) is 0 Å². The van der Waals surface area contributed by atoms with Gasteiger partial charge in [0.1, 0.15) is 12.4 Å². The predicted octanol–water partition coefficient (Wildman–Crippen LogP) is 2.93. The SMILES string of the molecule is COC(=O)CNc1ncc(Br)c2c(N)c(Br)ccc12. The first-order valence-corrected chi connectivity index (χ1v) is 6.96. The van der Waals surface area contributed by atoms with E-state index in [0.717, 1.165) is 19.7 Å². The first-order valence-electron chi connectivity index (χ1n) is 5.37. The number of nitrogens with zero attached hydrogens (tertiary/aromatic N) is 1. The van der Waals surface area contributed by atoms with E-state index in [1.54, 1.807) is 6.20 Å². The molecule has 0 atom stereocenters. The van der Waals surface area contributed by atoms with E-state index >= 15 is 0 Å². The molecule has 0 unspecified atom stereocenters. The van der Waals surface area contributed by atoms with Crippen LogP contribution in [0.4, 0.5) is 11.5 Å². The van der Waals surface area contributed by atoms with Crippen LogP contribution < -0.4 is 11.1 Å². The molecule has 2 rings (SSSR count). The Morgan fingerprint density at radius 2 is 2.16 bits per heavy atom. The average Bonchev–Trinajstić information content (AvgIpc) is 2.41. The molecule has 0 saturated heterocycles. The lowest BCUT2D eigenvalue weighted by atomic mass is 10.1. The lowest BCUT2D eigenvalue weighted by Crippen LogP contribution is -2.16. The van der Waals surface area contributed by atoms with Gasteiger partial charge < -0.3 is 15.8 Å². The van der Waals surface area contributed by atoms with Gasteiger partial charge in [-0.2, -0.15) is 0 Å². The van der Waals surface area contributed by atoms with Crippen molar-refractivity contribution < 1.29 is 9.53 Å². The van der Waals surface area contributed by atoms with Gasteiger partial charge in [-0.05, 0) is 44.0 Å². The summed E-state index contributed by atoms with van der Waals surface area (Å²) in [6.07, 6.45) is 1.64. The molecule has 0 saturated carbocycles. The van der Waals surface area contributed by atoms with Crippen LogP contribution in [0, 0.1) is 0 Å². The molecule has 1 heterocycles. The van der Waals surface area contributed by atoms with Crippen molar-refractivity contribution in [2.24, 2.45) is 0 Å². The summed E-state index contributed by atoms with van der Waals surface area (Å²) in [6, 6.07) is 3.72. The number of esters is 1. The molecule has 0 radical (unpaired) electrons. The molecular weight excluding hydrogens is 378 g/mol. The number of nitrogen functional groups attached to an aromatic ring is 1. The molecule has 5 nitrogen and oxygen atoms in total. The van der Waals surface area contributed by atoms with Crippen molar-refractivity contribution in [3.05, 3.63) is 27.3 Å². The van der Waals surface area contributed by atoms with Crippen LogP contribution in [0.25, 0.3) is 10.8 Å². The lowest BCUT2D eigenvalue weighted by molar-refractivity contribution is -0.138. The van der Waals surface area contributed by atoms with Crippen molar-refractivity contribution in [1.29, 1.82) is 0 Å². The van der Waals surface area contributed by atoms with Gasteiger partial charge >= 0.3 is 5.97 Å². The maximum atomic E-state index is 11.2. The maximum Gasteiger partial charge on any atom is 0.325 e. The average molecular weight is 389 g/mol. The molecule has 0 aliphatic rings. The van der Waals surface area contributed by atoms with Crippen LogP contribution in [0.5, 0.6) is 0 Å². The molecule has 0 fully saturated rings. The third-order valence-electron chi connectivity index (χ3n) is 2.62. The number of ether oxygens (including phenoxy) is 1. The Morgan fingerprint density at radius 3 is 2.84 bits per heavy atom. The second-order valence-electron chi connectivity index (χ2n) is 3.77. The van der Waals surface area contributed by atoms with Crippen molar-refractivity contribution in [1.82, 2.24) is 4.98 Å². The van der Waals surface area contributed by atoms with Crippen LogP contribution in [0.1, 0.15) is 0 Å².